The Morgan fingerprint density at radius 3 is 2.37 bits per heavy atom. The van der Waals surface area contributed by atoms with Crippen LogP contribution in [0.25, 0.3) is 11.3 Å². The van der Waals surface area contributed by atoms with E-state index in [0.29, 0.717) is 25.6 Å². The van der Waals surface area contributed by atoms with Gasteiger partial charge >= 0.3 is 0 Å². The molecule has 2 aliphatic rings. The molecule has 0 amide bonds. The van der Waals surface area contributed by atoms with Crippen molar-refractivity contribution in [3.8, 4) is 11.3 Å². The number of hydrogen-bond acceptors (Lipinski definition) is 2. The maximum absolute atomic E-state index is 13.4. The number of alkyl halides is 2. The second kappa shape index (κ2) is 7.70. The summed E-state index contributed by atoms with van der Waals surface area (Å²) < 4.78 is 28.7. The summed E-state index contributed by atoms with van der Waals surface area (Å²) in [6.45, 7) is 1.58. The third-order valence-corrected chi connectivity index (χ3v) is 6.15. The standard InChI is InChI=1S/C22H29F2N3/c1-26-15-20(16-27-13-11-22(23,24)12-14-27)21(25-26)19-9-7-18(8-10-19)17-5-3-2-4-6-17/h7-10,15,17H,2-6,11-14,16H2,1H3. The maximum atomic E-state index is 13.4. The van der Waals surface area contributed by atoms with Gasteiger partial charge in [0.05, 0.1) is 5.69 Å². The van der Waals surface area contributed by atoms with Gasteiger partial charge in [-0.05, 0) is 24.3 Å². The van der Waals surface area contributed by atoms with E-state index in [2.05, 4.69) is 34.3 Å². The molecule has 0 atom stereocenters. The smallest absolute Gasteiger partial charge is 0.250 e. The molecule has 1 aliphatic heterocycles. The summed E-state index contributed by atoms with van der Waals surface area (Å²) in [5, 5.41) is 4.66. The average molecular weight is 373 g/mol. The number of hydrogen-bond donors (Lipinski definition) is 0. The Labute approximate surface area is 160 Å². The number of likely N-dealkylation sites (tertiary alicyclic amines) is 1. The lowest BCUT2D eigenvalue weighted by atomic mass is 9.84. The van der Waals surface area contributed by atoms with E-state index in [1.807, 2.05) is 17.9 Å². The summed E-state index contributed by atoms with van der Waals surface area (Å²) in [5.74, 6) is -1.80. The van der Waals surface area contributed by atoms with Crippen molar-refractivity contribution in [3.63, 3.8) is 0 Å². The molecule has 1 aliphatic carbocycles. The van der Waals surface area contributed by atoms with Gasteiger partial charge in [-0.2, -0.15) is 5.10 Å². The molecule has 2 fully saturated rings. The van der Waals surface area contributed by atoms with Gasteiger partial charge in [-0.15, -0.1) is 0 Å². The lowest BCUT2D eigenvalue weighted by molar-refractivity contribution is -0.0566. The first-order valence-corrected chi connectivity index (χ1v) is 10.2. The van der Waals surface area contributed by atoms with Crippen LogP contribution in [0.2, 0.25) is 0 Å². The van der Waals surface area contributed by atoms with E-state index in [1.165, 1.54) is 37.7 Å². The first-order chi connectivity index (χ1) is 13.0. The fourth-order valence-corrected chi connectivity index (χ4v) is 4.52. The minimum Gasteiger partial charge on any atom is -0.298 e. The Morgan fingerprint density at radius 2 is 1.70 bits per heavy atom. The molecule has 0 unspecified atom stereocenters. The predicted molar refractivity (Wildman–Crippen MR) is 104 cm³/mol. The van der Waals surface area contributed by atoms with Crippen molar-refractivity contribution in [3.05, 3.63) is 41.6 Å². The van der Waals surface area contributed by atoms with Gasteiger partial charge in [-0.1, -0.05) is 43.5 Å². The molecule has 1 saturated heterocycles. The van der Waals surface area contributed by atoms with Gasteiger partial charge in [0.15, 0.2) is 0 Å². The van der Waals surface area contributed by atoms with Gasteiger partial charge in [0, 0.05) is 56.8 Å². The third kappa shape index (κ3) is 4.40. The van der Waals surface area contributed by atoms with E-state index >= 15 is 0 Å². The molecular formula is C22H29F2N3. The topological polar surface area (TPSA) is 21.1 Å². The highest BCUT2D eigenvalue weighted by Crippen LogP contribution is 2.34. The Kier molecular flexibility index (Phi) is 5.31. The van der Waals surface area contributed by atoms with Crippen LogP contribution in [0.3, 0.4) is 0 Å². The normalized spacial score (nSPS) is 21.4. The van der Waals surface area contributed by atoms with Crippen LogP contribution in [0.1, 0.15) is 62.0 Å². The summed E-state index contributed by atoms with van der Waals surface area (Å²) in [6, 6.07) is 8.87. The molecule has 0 radical (unpaired) electrons. The molecule has 0 spiro atoms. The van der Waals surface area contributed by atoms with Gasteiger partial charge in [0.2, 0.25) is 0 Å². The monoisotopic (exact) mass is 373 g/mol. The molecule has 146 valence electrons. The zero-order valence-electron chi connectivity index (χ0n) is 16.1. The Hall–Kier alpha value is -1.75. The Bertz CT molecular complexity index is 750. The fourth-order valence-electron chi connectivity index (χ4n) is 4.52. The van der Waals surface area contributed by atoms with Crippen LogP contribution in [0, 0.1) is 0 Å². The minimum atomic E-state index is -2.50. The van der Waals surface area contributed by atoms with Gasteiger partial charge in [-0.3, -0.25) is 9.58 Å². The SMILES string of the molecule is Cn1cc(CN2CCC(F)(F)CC2)c(-c2ccc(C3CCCCC3)cc2)n1. The van der Waals surface area contributed by atoms with Crippen LogP contribution in [-0.4, -0.2) is 33.7 Å². The summed E-state index contributed by atoms with van der Waals surface area (Å²) in [5.41, 5.74) is 4.65. The van der Waals surface area contributed by atoms with Crippen LogP contribution in [0.4, 0.5) is 8.78 Å². The number of aryl methyl sites for hydroxylation is 1. The molecule has 2 aromatic rings. The maximum Gasteiger partial charge on any atom is 0.250 e. The molecular weight excluding hydrogens is 344 g/mol. The number of aromatic nitrogens is 2. The highest BCUT2D eigenvalue weighted by Gasteiger charge is 2.34. The molecule has 27 heavy (non-hydrogen) atoms. The summed E-state index contributed by atoms with van der Waals surface area (Å²) in [4.78, 5) is 2.12. The van der Waals surface area contributed by atoms with Crippen molar-refractivity contribution in [1.29, 1.82) is 0 Å². The molecule has 0 bridgehead atoms. The van der Waals surface area contributed by atoms with E-state index in [9.17, 15) is 8.78 Å². The van der Waals surface area contributed by atoms with Crippen LogP contribution < -0.4 is 0 Å². The first kappa shape index (κ1) is 18.6. The fraction of sp³-hybridized carbons (Fsp3) is 0.591. The van der Waals surface area contributed by atoms with Crippen molar-refractivity contribution in [2.75, 3.05) is 13.1 Å². The Morgan fingerprint density at radius 1 is 1.04 bits per heavy atom. The van der Waals surface area contributed by atoms with E-state index < -0.39 is 5.92 Å². The van der Waals surface area contributed by atoms with Gasteiger partial charge < -0.3 is 0 Å². The third-order valence-electron chi connectivity index (χ3n) is 6.15. The largest absolute Gasteiger partial charge is 0.298 e. The number of piperidine rings is 1. The van der Waals surface area contributed by atoms with E-state index in [-0.39, 0.29) is 12.8 Å². The molecule has 0 N–H and O–H groups in total. The second-order valence-corrected chi connectivity index (χ2v) is 8.27. The lowest BCUT2D eigenvalue weighted by Gasteiger charge is -2.31. The van der Waals surface area contributed by atoms with Crippen molar-refractivity contribution in [2.24, 2.45) is 7.05 Å². The van der Waals surface area contributed by atoms with Gasteiger partial charge in [0.1, 0.15) is 0 Å². The molecule has 1 aromatic carbocycles. The summed E-state index contributed by atoms with van der Waals surface area (Å²) in [7, 11) is 1.92. The number of rotatable bonds is 4. The lowest BCUT2D eigenvalue weighted by Crippen LogP contribution is -2.38. The number of halogens is 2. The predicted octanol–water partition coefficient (Wildman–Crippen LogP) is 5.37. The molecule has 4 rings (SSSR count). The molecule has 1 aromatic heterocycles. The molecule has 1 saturated carbocycles. The van der Waals surface area contributed by atoms with Crippen LogP contribution in [-0.2, 0) is 13.6 Å². The number of nitrogens with zero attached hydrogens (tertiary/aromatic N) is 3. The summed E-state index contributed by atoms with van der Waals surface area (Å²) >= 11 is 0. The quantitative estimate of drug-likeness (QED) is 0.719. The van der Waals surface area contributed by atoms with Crippen molar-refractivity contribution in [2.45, 2.75) is 63.3 Å². The van der Waals surface area contributed by atoms with E-state index in [4.69, 9.17) is 0 Å². The van der Waals surface area contributed by atoms with Crippen molar-refractivity contribution in [1.82, 2.24) is 14.7 Å². The van der Waals surface area contributed by atoms with Gasteiger partial charge in [0.25, 0.3) is 5.92 Å². The first-order valence-electron chi connectivity index (χ1n) is 10.2. The molecule has 5 heteroatoms. The molecule has 2 heterocycles. The Balaban J connectivity index is 1.49. The zero-order valence-corrected chi connectivity index (χ0v) is 16.1. The number of benzene rings is 1. The van der Waals surface area contributed by atoms with Crippen LogP contribution in [0.15, 0.2) is 30.5 Å². The zero-order chi connectivity index (χ0) is 18.9. The van der Waals surface area contributed by atoms with Crippen molar-refractivity contribution < 1.29 is 8.78 Å². The van der Waals surface area contributed by atoms with Crippen LogP contribution >= 0.6 is 0 Å². The minimum absolute atomic E-state index is 0.0430. The van der Waals surface area contributed by atoms with Crippen molar-refractivity contribution >= 4 is 0 Å². The highest BCUT2D eigenvalue weighted by atomic mass is 19.3. The average Bonchev–Trinajstić information content (AvgIpc) is 3.04. The molecule has 3 nitrogen and oxygen atoms in total. The van der Waals surface area contributed by atoms with Crippen LogP contribution in [0.5, 0.6) is 0 Å². The summed E-state index contributed by atoms with van der Waals surface area (Å²) in [6.07, 6.45) is 8.59. The highest BCUT2D eigenvalue weighted by molar-refractivity contribution is 5.63. The van der Waals surface area contributed by atoms with E-state index in [1.54, 1.807) is 0 Å². The second-order valence-electron chi connectivity index (χ2n) is 8.27. The van der Waals surface area contributed by atoms with E-state index in [0.717, 1.165) is 16.8 Å². The van der Waals surface area contributed by atoms with Gasteiger partial charge in [-0.25, -0.2) is 8.78 Å².